The Balaban J connectivity index is 1.98. The molecule has 1 aromatic carbocycles. The van der Waals surface area contributed by atoms with Gasteiger partial charge in [-0.15, -0.1) is 0 Å². The summed E-state index contributed by atoms with van der Waals surface area (Å²) >= 11 is 0. The van der Waals surface area contributed by atoms with Crippen LogP contribution in [0.2, 0.25) is 0 Å². The Bertz CT molecular complexity index is 502. The third kappa shape index (κ3) is 3.45. The third-order valence-corrected chi connectivity index (χ3v) is 3.11. The summed E-state index contributed by atoms with van der Waals surface area (Å²) in [5.41, 5.74) is 13.1. The van der Waals surface area contributed by atoms with Gasteiger partial charge in [0.15, 0.2) is 6.61 Å². The van der Waals surface area contributed by atoms with Crippen LogP contribution in [0.5, 0.6) is 5.75 Å². The first-order valence-corrected chi connectivity index (χ1v) is 6.17. The number of carbonyl (C=O) groups excluding carboxylic acids is 2. The number of fused-ring (bicyclic) bond motifs is 1. The number of hydrogen-bond acceptors (Lipinski definition) is 4. The number of carbonyl (C=O) groups is 2. The van der Waals surface area contributed by atoms with Crippen LogP contribution in [0.15, 0.2) is 18.2 Å². The quantitative estimate of drug-likeness (QED) is 0.742. The minimum Gasteiger partial charge on any atom is -0.484 e. The zero-order valence-corrected chi connectivity index (χ0v) is 10.5. The molecule has 0 saturated heterocycles. The van der Waals surface area contributed by atoms with Crippen molar-refractivity contribution in [1.82, 2.24) is 5.32 Å². The SMILES string of the molecule is NC(=O)NC(=O)COc1ccc2c(c1)CCCC2N. The van der Waals surface area contributed by atoms with Crippen molar-refractivity contribution in [3.63, 3.8) is 0 Å². The Hall–Kier alpha value is -2.08. The molecule has 0 bridgehead atoms. The van der Waals surface area contributed by atoms with Crippen molar-refractivity contribution in [3.8, 4) is 5.75 Å². The molecule has 19 heavy (non-hydrogen) atoms. The van der Waals surface area contributed by atoms with Gasteiger partial charge in [0.25, 0.3) is 5.91 Å². The molecule has 1 aliphatic carbocycles. The summed E-state index contributed by atoms with van der Waals surface area (Å²) in [6.07, 6.45) is 3.02. The van der Waals surface area contributed by atoms with Gasteiger partial charge < -0.3 is 16.2 Å². The van der Waals surface area contributed by atoms with E-state index in [0.717, 1.165) is 30.4 Å². The van der Waals surface area contributed by atoms with Crippen LogP contribution in [0, 0.1) is 0 Å². The van der Waals surface area contributed by atoms with E-state index in [2.05, 4.69) is 0 Å². The lowest BCUT2D eigenvalue weighted by Gasteiger charge is -2.22. The summed E-state index contributed by atoms with van der Waals surface area (Å²) in [5.74, 6) is 0.0226. The predicted molar refractivity (Wildman–Crippen MR) is 69.5 cm³/mol. The Kier molecular flexibility index (Phi) is 4.01. The summed E-state index contributed by atoms with van der Waals surface area (Å²) in [6, 6.07) is 4.80. The Labute approximate surface area is 111 Å². The highest BCUT2D eigenvalue weighted by Gasteiger charge is 2.17. The highest BCUT2D eigenvalue weighted by Crippen LogP contribution is 2.30. The maximum atomic E-state index is 11.2. The number of aryl methyl sites for hydroxylation is 1. The lowest BCUT2D eigenvalue weighted by Crippen LogP contribution is -2.38. The first-order valence-electron chi connectivity index (χ1n) is 6.17. The molecule has 1 aromatic rings. The average Bonchev–Trinajstić information content (AvgIpc) is 2.36. The molecule has 5 N–H and O–H groups in total. The molecular formula is C13H17N3O3. The predicted octanol–water partition coefficient (Wildman–Crippen LogP) is 0.596. The Morgan fingerprint density at radius 2 is 2.21 bits per heavy atom. The molecule has 0 aromatic heterocycles. The molecule has 6 nitrogen and oxygen atoms in total. The summed E-state index contributed by atoms with van der Waals surface area (Å²) in [5, 5.41) is 1.94. The molecule has 1 unspecified atom stereocenters. The Morgan fingerprint density at radius 1 is 1.42 bits per heavy atom. The monoisotopic (exact) mass is 263 g/mol. The van der Waals surface area contributed by atoms with Crippen LogP contribution in [0.25, 0.3) is 0 Å². The standard InChI is InChI=1S/C13H17N3O3/c14-11-3-1-2-8-6-9(4-5-10(8)11)19-7-12(17)16-13(15)18/h4-6,11H,1-3,7,14H2,(H3,15,16,17,18). The van der Waals surface area contributed by atoms with E-state index in [1.54, 1.807) is 6.07 Å². The second-order valence-electron chi connectivity index (χ2n) is 4.56. The van der Waals surface area contributed by atoms with Crippen LogP contribution in [0.1, 0.15) is 30.0 Å². The number of urea groups is 1. The van der Waals surface area contributed by atoms with Crippen LogP contribution in [0.4, 0.5) is 4.79 Å². The van der Waals surface area contributed by atoms with E-state index < -0.39 is 11.9 Å². The number of hydrogen-bond donors (Lipinski definition) is 3. The molecule has 3 amide bonds. The van der Waals surface area contributed by atoms with Crippen molar-refractivity contribution in [2.75, 3.05) is 6.61 Å². The van der Waals surface area contributed by atoms with Gasteiger partial charge in [-0.05, 0) is 42.5 Å². The third-order valence-electron chi connectivity index (χ3n) is 3.11. The van der Waals surface area contributed by atoms with E-state index in [9.17, 15) is 9.59 Å². The van der Waals surface area contributed by atoms with Gasteiger partial charge in [0, 0.05) is 6.04 Å². The molecule has 0 radical (unpaired) electrons. The van der Waals surface area contributed by atoms with Gasteiger partial charge in [0.05, 0.1) is 0 Å². The van der Waals surface area contributed by atoms with Gasteiger partial charge in [-0.1, -0.05) is 6.07 Å². The number of primary amides is 1. The minimum absolute atomic E-state index is 0.0796. The zero-order valence-electron chi connectivity index (χ0n) is 10.5. The zero-order chi connectivity index (χ0) is 13.8. The molecule has 0 heterocycles. The maximum Gasteiger partial charge on any atom is 0.318 e. The molecular weight excluding hydrogens is 246 g/mol. The highest BCUT2D eigenvalue weighted by atomic mass is 16.5. The van der Waals surface area contributed by atoms with Crippen LogP contribution < -0.4 is 21.5 Å². The lowest BCUT2D eigenvalue weighted by atomic mass is 9.88. The van der Waals surface area contributed by atoms with E-state index >= 15 is 0 Å². The van der Waals surface area contributed by atoms with E-state index in [4.69, 9.17) is 16.2 Å². The number of nitrogens with two attached hydrogens (primary N) is 2. The first kappa shape index (κ1) is 13.4. The van der Waals surface area contributed by atoms with Crippen molar-refractivity contribution in [2.45, 2.75) is 25.3 Å². The number of rotatable bonds is 3. The molecule has 1 atom stereocenters. The van der Waals surface area contributed by atoms with Crippen molar-refractivity contribution in [3.05, 3.63) is 29.3 Å². The minimum atomic E-state index is -0.884. The summed E-state index contributed by atoms with van der Waals surface area (Å²) in [7, 11) is 0. The molecule has 0 spiro atoms. The first-order chi connectivity index (χ1) is 9.06. The number of imide groups is 1. The van der Waals surface area contributed by atoms with E-state index in [1.165, 1.54) is 0 Å². The maximum absolute atomic E-state index is 11.2. The summed E-state index contributed by atoms with van der Waals surface area (Å²) in [6.45, 7) is -0.242. The fourth-order valence-corrected chi connectivity index (χ4v) is 2.24. The fourth-order valence-electron chi connectivity index (χ4n) is 2.24. The largest absolute Gasteiger partial charge is 0.484 e. The molecule has 6 heteroatoms. The van der Waals surface area contributed by atoms with Gasteiger partial charge in [-0.2, -0.15) is 0 Å². The second-order valence-corrected chi connectivity index (χ2v) is 4.56. The van der Waals surface area contributed by atoms with E-state index in [1.807, 2.05) is 17.4 Å². The number of amides is 3. The molecule has 0 fully saturated rings. The van der Waals surface area contributed by atoms with E-state index in [0.29, 0.717) is 5.75 Å². The van der Waals surface area contributed by atoms with Crippen LogP contribution in [-0.4, -0.2) is 18.5 Å². The smallest absolute Gasteiger partial charge is 0.318 e. The van der Waals surface area contributed by atoms with Crippen molar-refractivity contribution >= 4 is 11.9 Å². The van der Waals surface area contributed by atoms with Gasteiger partial charge >= 0.3 is 6.03 Å². The van der Waals surface area contributed by atoms with Crippen molar-refractivity contribution in [2.24, 2.45) is 11.5 Å². The number of nitrogens with one attached hydrogen (secondary N) is 1. The van der Waals surface area contributed by atoms with Crippen molar-refractivity contribution < 1.29 is 14.3 Å². The van der Waals surface area contributed by atoms with Gasteiger partial charge in [0.1, 0.15) is 5.75 Å². The fraction of sp³-hybridized carbons (Fsp3) is 0.385. The number of ether oxygens (including phenoxy) is 1. The van der Waals surface area contributed by atoms with E-state index in [-0.39, 0.29) is 12.6 Å². The molecule has 0 saturated carbocycles. The lowest BCUT2D eigenvalue weighted by molar-refractivity contribution is -0.121. The Morgan fingerprint density at radius 3 is 2.95 bits per heavy atom. The second kappa shape index (κ2) is 5.71. The van der Waals surface area contributed by atoms with Gasteiger partial charge in [-0.25, -0.2) is 4.79 Å². The van der Waals surface area contributed by atoms with Gasteiger partial charge in [-0.3, -0.25) is 10.1 Å². The van der Waals surface area contributed by atoms with Crippen LogP contribution >= 0.6 is 0 Å². The molecule has 2 rings (SSSR count). The molecule has 0 aliphatic heterocycles. The molecule has 102 valence electrons. The highest BCUT2D eigenvalue weighted by molar-refractivity contribution is 5.94. The van der Waals surface area contributed by atoms with Crippen molar-refractivity contribution in [1.29, 1.82) is 0 Å². The summed E-state index contributed by atoms with van der Waals surface area (Å²) in [4.78, 5) is 21.7. The molecule has 1 aliphatic rings. The number of benzene rings is 1. The van der Waals surface area contributed by atoms with Gasteiger partial charge in [0.2, 0.25) is 0 Å². The van der Waals surface area contributed by atoms with Crippen LogP contribution in [-0.2, 0) is 11.2 Å². The average molecular weight is 263 g/mol. The van der Waals surface area contributed by atoms with Crippen LogP contribution in [0.3, 0.4) is 0 Å². The normalized spacial score (nSPS) is 17.4. The topological polar surface area (TPSA) is 107 Å². The summed E-state index contributed by atoms with van der Waals surface area (Å²) < 4.78 is 5.31.